The van der Waals surface area contributed by atoms with Crippen molar-refractivity contribution in [3.8, 4) is 5.75 Å². The first-order valence-corrected chi connectivity index (χ1v) is 9.19. The first-order chi connectivity index (χ1) is 14.2. The first kappa shape index (κ1) is 20.0. The zero-order valence-corrected chi connectivity index (χ0v) is 15.8. The molecule has 7 heteroatoms. The van der Waals surface area contributed by atoms with Crippen LogP contribution in [0.5, 0.6) is 5.75 Å². The van der Waals surface area contributed by atoms with Crippen LogP contribution in [0.3, 0.4) is 0 Å². The number of benzene rings is 2. The molecule has 1 heterocycles. The molecule has 0 aliphatic rings. The van der Waals surface area contributed by atoms with Crippen molar-refractivity contribution in [2.45, 2.75) is 6.54 Å². The van der Waals surface area contributed by atoms with E-state index in [0.29, 0.717) is 30.9 Å². The number of ether oxygens (including phenoxy) is 2. The van der Waals surface area contributed by atoms with Gasteiger partial charge in [-0.25, -0.2) is 4.79 Å². The highest BCUT2D eigenvalue weighted by Crippen LogP contribution is 2.17. The Balaban J connectivity index is 1.41. The van der Waals surface area contributed by atoms with Crippen molar-refractivity contribution in [2.24, 2.45) is 0 Å². The molecular formula is C22H22N2O5. The van der Waals surface area contributed by atoms with Gasteiger partial charge < -0.3 is 24.5 Å². The molecule has 0 bridgehead atoms. The van der Waals surface area contributed by atoms with Crippen molar-refractivity contribution in [2.75, 3.05) is 25.1 Å². The molecule has 150 valence electrons. The summed E-state index contributed by atoms with van der Waals surface area (Å²) in [6.07, 6.45) is 1.58. The number of hydrogen-bond acceptors (Lipinski definition) is 6. The van der Waals surface area contributed by atoms with Crippen molar-refractivity contribution in [1.29, 1.82) is 0 Å². The number of rotatable bonds is 10. The molecular weight excluding hydrogens is 372 g/mol. The van der Waals surface area contributed by atoms with Gasteiger partial charge in [0.2, 0.25) is 0 Å². The molecule has 0 radical (unpaired) electrons. The number of nitrogens with one attached hydrogen (secondary N) is 2. The molecule has 0 unspecified atom stereocenters. The average molecular weight is 394 g/mol. The largest absolute Gasteiger partial charge is 0.492 e. The van der Waals surface area contributed by atoms with Crippen LogP contribution < -0.4 is 15.4 Å². The standard InChI is InChI=1S/C22H22N2O5/c25-21(23-12-14-28-17-7-2-1-3-8-17)16-29-22(26)19-10-4-5-11-20(19)24-15-18-9-6-13-27-18/h1-11,13,24H,12,14-16H2,(H,23,25). The Morgan fingerprint density at radius 3 is 2.52 bits per heavy atom. The molecule has 7 nitrogen and oxygen atoms in total. The van der Waals surface area contributed by atoms with Crippen LogP contribution in [0, 0.1) is 0 Å². The Labute approximate surface area is 168 Å². The summed E-state index contributed by atoms with van der Waals surface area (Å²) in [4.78, 5) is 24.2. The Bertz CT molecular complexity index is 910. The third-order valence-corrected chi connectivity index (χ3v) is 3.95. The molecule has 3 aromatic rings. The Hall–Kier alpha value is -3.74. The van der Waals surface area contributed by atoms with Gasteiger partial charge >= 0.3 is 5.97 Å². The number of para-hydroxylation sites is 2. The summed E-state index contributed by atoms with van der Waals surface area (Å²) < 4.78 is 15.9. The van der Waals surface area contributed by atoms with Crippen LogP contribution in [0.2, 0.25) is 0 Å². The van der Waals surface area contributed by atoms with Crippen LogP contribution >= 0.6 is 0 Å². The lowest BCUT2D eigenvalue weighted by Gasteiger charge is -2.11. The molecule has 0 aliphatic carbocycles. The molecule has 0 saturated carbocycles. The molecule has 0 saturated heterocycles. The smallest absolute Gasteiger partial charge is 0.340 e. The highest BCUT2D eigenvalue weighted by molar-refractivity contribution is 5.96. The van der Waals surface area contributed by atoms with Gasteiger partial charge in [-0.3, -0.25) is 4.79 Å². The fourth-order valence-electron chi connectivity index (χ4n) is 2.55. The topological polar surface area (TPSA) is 89.8 Å². The second kappa shape index (κ2) is 10.6. The molecule has 1 amide bonds. The van der Waals surface area contributed by atoms with Gasteiger partial charge in [0.05, 0.1) is 24.9 Å². The highest BCUT2D eigenvalue weighted by Gasteiger charge is 2.14. The molecule has 0 atom stereocenters. The van der Waals surface area contributed by atoms with Crippen molar-refractivity contribution in [3.63, 3.8) is 0 Å². The van der Waals surface area contributed by atoms with Gasteiger partial charge in [0.1, 0.15) is 18.1 Å². The number of carbonyl (C=O) groups excluding carboxylic acids is 2. The van der Waals surface area contributed by atoms with Crippen LogP contribution in [0.15, 0.2) is 77.4 Å². The third-order valence-electron chi connectivity index (χ3n) is 3.95. The van der Waals surface area contributed by atoms with Gasteiger partial charge in [-0.05, 0) is 36.4 Å². The minimum Gasteiger partial charge on any atom is -0.492 e. The van der Waals surface area contributed by atoms with E-state index in [4.69, 9.17) is 13.9 Å². The second-order valence-electron chi connectivity index (χ2n) is 6.07. The summed E-state index contributed by atoms with van der Waals surface area (Å²) >= 11 is 0. The van der Waals surface area contributed by atoms with Crippen molar-refractivity contribution >= 4 is 17.6 Å². The van der Waals surface area contributed by atoms with Gasteiger partial charge in [-0.1, -0.05) is 30.3 Å². The summed E-state index contributed by atoms with van der Waals surface area (Å²) in [6, 6.07) is 19.9. The number of carbonyl (C=O) groups is 2. The van der Waals surface area contributed by atoms with E-state index in [9.17, 15) is 9.59 Å². The zero-order chi connectivity index (χ0) is 20.3. The van der Waals surface area contributed by atoms with Gasteiger partial charge in [0.15, 0.2) is 6.61 Å². The summed E-state index contributed by atoms with van der Waals surface area (Å²) in [6.45, 7) is 0.700. The second-order valence-corrected chi connectivity index (χ2v) is 6.07. The maximum Gasteiger partial charge on any atom is 0.340 e. The molecule has 2 N–H and O–H groups in total. The monoisotopic (exact) mass is 394 g/mol. The quantitative estimate of drug-likeness (QED) is 0.405. The summed E-state index contributed by atoms with van der Waals surface area (Å²) in [5.41, 5.74) is 0.949. The van der Waals surface area contributed by atoms with Crippen molar-refractivity contribution in [1.82, 2.24) is 5.32 Å². The van der Waals surface area contributed by atoms with Crippen molar-refractivity contribution < 1.29 is 23.5 Å². The lowest BCUT2D eigenvalue weighted by Crippen LogP contribution is -2.32. The van der Waals surface area contributed by atoms with Crippen LogP contribution in [0.25, 0.3) is 0 Å². The van der Waals surface area contributed by atoms with Crippen LogP contribution in [-0.4, -0.2) is 31.6 Å². The summed E-state index contributed by atoms with van der Waals surface area (Å²) in [7, 11) is 0. The van der Waals surface area contributed by atoms with E-state index in [1.165, 1.54) is 0 Å². The third kappa shape index (κ3) is 6.42. The minimum atomic E-state index is -0.580. The van der Waals surface area contributed by atoms with E-state index in [1.807, 2.05) is 36.4 Å². The van der Waals surface area contributed by atoms with Crippen LogP contribution in [0.4, 0.5) is 5.69 Å². The van der Waals surface area contributed by atoms with E-state index in [1.54, 1.807) is 36.6 Å². The summed E-state index contributed by atoms with van der Waals surface area (Å²) in [5.74, 6) is 0.497. The van der Waals surface area contributed by atoms with Crippen LogP contribution in [0.1, 0.15) is 16.1 Å². The van der Waals surface area contributed by atoms with E-state index >= 15 is 0 Å². The molecule has 0 fully saturated rings. The van der Waals surface area contributed by atoms with Gasteiger partial charge in [0.25, 0.3) is 5.91 Å². The summed E-state index contributed by atoms with van der Waals surface area (Å²) in [5, 5.41) is 5.78. The van der Waals surface area contributed by atoms with Crippen molar-refractivity contribution in [3.05, 3.63) is 84.3 Å². The van der Waals surface area contributed by atoms with E-state index in [0.717, 1.165) is 11.5 Å². The van der Waals surface area contributed by atoms with E-state index in [-0.39, 0.29) is 6.61 Å². The number of esters is 1. The molecule has 0 spiro atoms. The van der Waals surface area contributed by atoms with Gasteiger partial charge in [0, 0.05) is 5.69 Å². The molecule has 0 aliphatic heterocycles. The van der Waals surface area contributed by atoms with E-state index < -0.39 is 11.9 Å². The molecule has 1 aromatic heterocycles. The Kier molecular flexibility index (Phi) is 7.28. The van der Waals surface area contributed by atoms with Gasteiger partial charge in [-0.2, -0.15) is 0 Å². The molecule has 3 rings (SSSR count). The van der Waals surface area contributed by atoms with E-state index in [2.05, 4.69) is 10.6 Å². The predicted octanol–water partition coefficient (Wildman–Crippen LogP) is 3.24. The molecule has 29 heavy (non-hydrogen) atoms. The maximum atomic E-state index is 12.4. The minimum absolute atomic E-state index is 0.312. The predicted molar refractivity (Wildman–Crippen MR) is 108 cm³/mol. The Morgan fingerprint density at radius 1 is 0.931 bits per heavy atom. The lowest BCUT2D eigenvalue weighted by atomic mass is 10.2. The maximum absolute atomic E-state index is 12.4. The SMILES string of the molecule is O=C(COC(=O)c1ccccc1NCc1ccco1)NCCOc1ccccc1. The normalized spacial score (nSPS) is 10.2. The van der Waals surface area contributed by atoms with Gasteiger partial charge in [-0.15, -0.1) is 0 Å². The number of amides is 1. The van der Waals surface area contributed by atoms with Crippen LogP contribution in [-0.2, 0) is 16.1 Å². The number of hydrogen-bond donors (Lipinski definition) is 2. The first-order valence-electron chi connectivity index (χ1n) is 9.19. The zero-order valence-electron chi connectivity index (χ0n) is 15.8. The fraction of sp³-hybridized carbons (Fsp3) is 0.182. The molecule has 2 aromatic carbocycles. The number of furan rings is 1. The fourth-order valence-corrected chi connectivity index (χ4v) is 2.55. The lowest BCUT2D eigenvalue weighted by molar-refractivity contribution is -0.124. The number of anilines is 1. The average Bonchev–Trinajstić information content (AvgIpc) is 3.28. The highest BCUT2D eigenvalue weighted by atomic mass is 16.5. The Morgan fingerprint density at radius 2 is 1.72 bits per heavy atom.